The van der Waals surface area contributed by atoms with Gasteiger partial charge in [0, 0.05) is 0 Å². The molecule has 0 bridgehead atoms. The lowest BCUT2D eigenvalue weighted by molar-refractivity contribution is -0.298. The molecule has 0 saturated heterocycles. The quantitative estimate of drug-likeness (QED) is 0.626. The van der Waals surface area contributed by atoms with Crippen molar-refractivity contribution in [2.75, 3.05) is 13.2 Å². The predicted octanol–water partition coefficient (Wildman–Crippen LogP) is 2.67. The Balaban J connectivity index is 4.46. The van der Waals surface area contributed by atoms with Gasteiger partial charge in [-0.3, -0.25) is 0 Å². The summed E-state index contributed by atoms with van der Waals surface area (Å²) >= 11 is 4.01. The smallest absolute Gasteiger partial charge is 0.393 e. The van der Waals surface area contributed by atoms with Gasteiger partial charge >= 0.3 is 18.3 Å². The second kappa shape index (κ2) is 5.51. The van der Waals surface area contributed by atoms with Gasteiger partial charge in [0.15, 0.2) is 0 Å². The molecule has 0 spiro atoms. The predicted molar refractivity (Wildman–Crippen MR) is 48.2 cm³/mol. The van der Waals surface area contributed by atoms with Gasteiger partial charge in [0.05, 0.1) is 11.6 Å². The van der Waals surface area contributed by atoms with Crippen LogP contribution in [0, 0.1) is 5.92 Å². The molecular weight excluding hydrogens is 298 g/mol. The molecule has 0 heterocycles. The molecule has 0 aromatic heterocycles. The molecule has 0 fully saturated rings. The van der Waals surface area contributed by atoms with Gasteiger partial charge in [0.25, 0.3) is 0 Å². The van der Waals surface area contributed by atoms with Gasteiger partial charge < -0.3 is 10.5 Å². The van der Waals surface area contributed by atoms with Gasteiger partial charge in [0.2, 0.25) is 0 Å². The topological polar surface area (TPSA) is 35.2 Å². The number of hydrogen-bond donors (Lipinski definition) is 1. The second-order valence-electron chi connectivity index (χ2n) is 3.21. The van der Waals surface area contributed by atoms with Gasteiger partial charge in [-0.05, 0) is 0 Å². The Morgan fingerprint density at radius 3 is 1.78 bits per heavy atom. The third-order valence-electron chi connectivity index (χ3n) is 1.72. The van der Waals surface area contributed by atoms with E-state index in [4.69, 9.17) is 0 Å². The second-order valence-corrected chi connectivity index (χ2v) is 3.69. The van der Waals surface area contributed by atoms with E-state index in [-0.39, 0.29) is 0 Å². The lowest BCUT2D eigenvalue weighted by Gasteiger charge is -2.22. The van der Waals surface area contributed by atoms with E-state index < -0.39 is 42.4 Å². The summed E-state index contributed by atoms with van der Waals surface area (Å²) in [5.41, 5.74) is 4.68. The highest BCUT2D eigenvalue weighted by Gasteiger charge is 2.57. The van der Waals surface area contributed by atoms with E-state index >= 15 is 0 Å². The molecule has 108 valence electrons. The van der Waals surface area contributed by atoms with Gasteiger partial charge in [-0.15, -0.1) is 0 Å². The molecule has 11 heteroatoms. The van der Waals surface area contributed by atoms with Crippen molar-refractivity contribution in [1.82, 2.24) is 0 Å². The van der Waals surface area contributed by atoms with Gasteiger partial charge in [-0.1, -0.05) is 12.2 Å². The third-order valence-corrected chi connectivity index (χ3v) is 2.01. The van der Waals surface area contributed by atoms with E-state index in [0.717, 1.165) is 0 Å². The monoisotopic (exact) mass is 305 g/mol. The summed E-state index contributed by atoms with van der Waals surface area (Å²) in [5.74, 6) is -7.81. The molecular formula is C7H7F8NOS. The Bertz CT molecular complexity index is 299. The van der Waals surface area contributed by atoms with Crippen LogP contribution in [0.2, 0.25) is 0 Å². The number of nitrogens with two attached hydrogens (primary N) is 1. The van der Waals surface area contributed by atoms with Crippen LogP contribution in [0.3, 0.4) is 0 Å². The van der Waals surface area contributed by atoms with Crippen molar-refractivity contribution < 1.29 is 39.9 Å². The number of rotatable bonds is 5. The van der Waals surface area contributed by atoms with Gasteiger partial charge in [-0.25, -0.2) is 0 Å². The zero-order valence-electron chi connectivity index (χ0n) is 8.41. The molecule has 2 nitrogen and oxygen atoms in total. The summed E-state index contributed by atoms with van der Waals surface area (Å²) in [6, 6.07) is 0. The first-order chi connectivity index (χ1) is 7.79. The average Bonchev–Trinajstić information content (AvgIpc) is 2.07. The van der Waals surface area contributed by atoms with Crippen molar-refractivity contribution in [3.8, 4) is 0 Å². The Labute approximate surface area is 101 Å². The van der Waals surface area contributed by atoms with Crippen LogP contribution in [-0.2, 0) is 4.74 Å². The third kappa shape index (κ3) is 4.88. The Hall–Kier alpha value is -0.710. The van der Waals surface area contributed by atoms with Gasteiger partial charge in [0.1, 0.15) is 12.5 Å². The van der Waals surface area contributed by atoms with E-state index in [2.05, 4.69) is 22.7 Å². The maximum Gasteiger partial charge on any atom is 0.455 e. The molecule has 18 heavy (non-hydrogen) atoms. The molecule has 0 amide bonds. The SMILES string of the molecule is NC(=S)C(COCC(F)(F)C(F)(F)F)C(F)(F)F. The average molecular weight is 305 g/mol. The number of ether oxygens (including phenoxy) is 1. The maximum absolute atomic E-state index is 12.3. The highest BCUT2D eigenvalue weighted by molar-refractivity contribution is 7.80. The Kier molecular flexibility index (Phi) is 5.29. The Morgan fingerprint density at radius 1 is 1.06 bits per heavy atom. The molecule has 0 aromatic rings. The number of thiocarbonyl (C=S) groups is 1. The van der Waals surface area contributed by atoms with Gasteiger partial charge in [-0.2, -0.15) is 35.1 Å². The molecule has 0 aliphatic rings. The molecule has 1 unspecified atom stereocenters. The number of hydrogen-bond acceptors (Lipinski definition) is 2. The summed E-state index contributed by atoms with van der Waals surface area (Å²) in [6.45, 7) is -3.73. The van der Waals surface area contributed by atoms with Crippen LogP contribution >= 0.6 is 12.2 Å². The fraction of sp³-hybridized carbons (Fsp3) is 0.857. The van der Waals surface area contributed by atoms with E-state index in [1.54, 1.807) is 0 Å². The molecule has 0 saturated carbocycles. The van der Waals surface area contributed by atoms with Crippen molar-refractivity contribution in [3.63, 3.8) is 0 Å². The lowest BCUT2D eigenvalue weighted by Crippen LogP contribution is -2.43. The van der Waals surface area contributed by atoms with E-state index in [1.807, 2.05) is 0 Å². The van der Waals surface area contributed by atoms with Crippen LogP contribution < -0.4 is 5.73 Å². The van der Waals surface area contributed by atoms with Crippen molar-refractivity contribution in [3.05, 3.63) is 0 Å². The highest BCUT2D eigenvalue weighted by atomic mass is 32.1. The fourth-order valence-electron chi connectivity index (χ4n) is 0.725. The minimum atomic E-state index is -5.90. The summed E-state index contributed by atoms with van der Waals surface area (Å²) in [6.07, 6.45) is -10.9. The zero-order valence-corrected chi connectivity index (χ0v) is 9.23. The maximum atomic E-state index is 12.3. The highest BCUT2D eigenvalue weighted by Crippen LogP contribution is 2.36. The van der Waals surface area contributed by atoms with Crippen LogP contribution in [-0.4, -0.2) is 36.5 Å². The van der Waals surface area contributed by atoms with Crippen molar-refractivity contribution in [1.29, 1.82) is 0 Å². The first-order valence-electron chi connectivity index (χ1n) is 4.17. The Morgan fingerprint density at radius 2 is 1.50 bits per heavy atom. The van der Waals surface area contributed by atoms with Crippen LogP contribution in [0.1, 0.15) is 0 Å². The molecule has 0 rings (SSSR count). The zero-order chi connectivity index (χ0) is 14.8. The largest absolute Gasteiger partial charge is 0.455 e. The standard InChI is InChI=1S/C7H7F8NOS/c8-5(9,7(13,14)15)2-17-1-3(4(16)18)6(10,11)12/h3H,1-2H2,(H2,16,18). The van der Waals surface area contributed by atoms with Crippen LogP contribution in [0.5, 0.6) is 0 Å². The molecule has 0 aliphatic carbocycles. The number of halogens is 8. The van der Waals surface area contributed by atoms with E-state index in [1.165, 1.54) is 0 Å². The minimum absolute atomic E-state index is 1.10. The molecule has 1 atom stereocenters. The van der Waals surface area contributed by atoms with Crippen LogP contribution in [0.25, 0.3) is 0 Å². The molecule has 0 aliphatic heterocycles. The molecule has 0 aromatic carbocycles. The normalized spacial score (nSPS) is 15.6. The minimum Gasteiger partial charge on any atom is -0.393 e. The summed E-state index contributed by atoms with van der Waals surface area (Å²) in [4.78, 5) is -1.10. The first kappa shape index (κ1) is 17.3. The summed E-state index contributed by atoms with van der Waals surface area (Å²) < 4.78 is 99.7. The van der Waals surface area contributed by atoms with Crippen molar-refractivity contribution >= 4 is 17.2 Å². The molecule has 0 radical (unpaired) electrons. The first-order valence-corrected chi connectivity index (χ1v) is 4.58. The summed E-state index contributed by atoms with van der Waals surface area (Å²) in [5, 5.41) is 0. The van der Waals surface area contributed by atoms with Crippen molar-refractivity contribution in [2.45, 2.75) is 18.3 Å². The van der Waals surface area contributed by atoms with E-state index in [0.29, 0.717) is 0 Å². The number of alkyl halides is 8. The fourth-order valence-corrected chi connectivity index (χ4v) is 0.926. The van der Waals surface area contributed by atoms with Crippen molar-refractivity contribution in [2.24, 2.45) is 11.7 Å². The molecule has 2 N–H and O–H groups in total. The lowest BCUT2D eigenvalue weighted by atomic mass is 10.1. The van der Waals surface area contributed by atoms with E-state index in [9.17, 15) is 35.1 Å². The van der Waals surface area contributed by atoms with Crippen LogP contribution in [0.4, 0.5) is 35.1 Å². The van der Waals surface area contributed by atoms with Crippen LogP contribution in [0.15, 0.2) is 0 Å². The summed E-state index contributed by atoms with van der Waals surface area (Å²) in [7, 11) is 0.